The molecule has 0 bridgehead atoms. The number of nitrogens with zero attached hydrogens (tertiary/aromatic N) is 1. The summed E-state index contributed by atoms with van der Waals surface area (Å²) in [4.78, 5) is 0. The van der Waals surface area contributed by atoms with Gasteiger partial charge in [-0.2, -0.15) is 17.9 Å². The first-order chi connectivity index (χ1) is 8.10. The summed E-state index contributed by atoms with van der Waals surface area (Å²) < 4.78 is 29.0. The van der Waals surface area contributed by atoms with Crippen LogP contribution in [0, 0.1) is 0 Å². The molecule has 1 fully saturated rings. The number of nitrogens with two attached hydrogens (primary N) is 1. The molecule has 0 unspecified atom stereocenters. The summed E-state index contributed by atoms with van der Waals surface area (Å²) in [7, 11) is -3.71. The number of oxime groups is 1. The normalized spacial score (nSPS) is 21.2. The fraction of sp³-hybridized carbons (Fsp3) is 0.900. The molecule has 0 saturated heterocycles. The second-order valence-electron chi connectivity index (χ2n) is 5.73. The molecule has 0 radical (unpaired) electrons. The lowest BCUT2D eigenvalue weighted by molar-refractivity contribution is 0.309. The van der Waals surface area contributed by atoms with Gasteiger partial charge < -0.3 is 10.9 Å². The maximum atomic E-state index is 12.0. The molecule has 0 heterocycles. The lowest BCUT2D eigenvalue weighted by atomic mass is 9.98. The van der Waals surface area contributed by atoms with E-state index in [4.69, 9.17) is 10.9 Å². The van der Waals surface area contributed by atoms with Crippen LogP contribution in [0.4, 0.5) is 0 Å². The van der Waals surface area contributed by atoms with Crippen molar-refractivity contribution in [3.63, 3.8) is 0 Å². The molecule has 0 aromatic carbocycles. The van der Waals surface area contributed by atoms with Gasteiger partial charge in [0.05, 0.1) is 5.54 Å². The van der Waals surface area contributed by atoms with Crippen molar-refractivity contribution in [2.45, 2.75) is 57.5 Å². The summed E-state index contributed by atoms with van der Waals surface area (Å²) in [6, 6.07) is 0. The second kappa shape index (κ2) is 5.02. The molecule has 1 aliphatic carbocycles. The topological polar surface area (TPSA) is 117 Å². The van der Waals surface area contributed by atoms with Gasteiger partial charge in [-0.15, -0.1) is 0 Å². The fourth-order valence-electron chi connectivity index (χ4n) is 2.17. The van der Waals surface area contributed by atoms with Crippen LogP contribution in [0.2, 0.25) is 0 Å². The minimum Gasteiger partial charge on any atom is -0.409 e. The molecule has 1 aliphatic rings. The van der Waals surface area contributed by atoms with Gasteiger partial charge in [0.2, 0.25) is 0 Å². The molecule has 0 amide bonds. The van der Waals surface area contributed by atoms with Crippen LogP contribution in [0.3, 0.4) is 0 Å². The molecular weight excluding hydrogens is 256 g/mol. The highest BCUT2D eigenvalue weighted by molar-refractivity contribution is 7.87. The summed E-state index contributed by atoms with van der Waals surface area (Å²) in [6.45, 7) is 5.24. The quantitative estimate of drug-likeness (QED) is 0.255. The van der Waals surface area contributed by atoms with E-state index < -0.39 is 21.3 Å². The first-order valence-corrected chi connectivity index (χ1v) is 7.39. The van der Waals surface area contributed by atoms with E-state index in [-0.39, 0.29) is 5.84 Å². The Bertz CT molecular complexity index is 419. The first kappa shape index (κ1) is 15.2. The number of amidine groups is 1. The lowest BCUT2D eigenvalue weighted by Crippen LogP contribution is -2.60. The zero-order valence-corrected chi connectivity index (χ0v) is 11.8. The molecule has 1 saturated carbocycles. The number of hydrogen-bond acceptors (Lipinski definition) is 4. The number of nitrogens with one attached hydrogen (secondary N) is 2. The van der Waals surface area contributed by atoms with Crippen molar-refractivity contribution in [3.8, 4) is 0 Å². The Morgan fingerprint density at radius 1 is 1.33 bits per heavy atom. The van der Waals surface area contributed by atoms with Crippen molar-refractivity contribution in [3.05, 3.63) is 0 Å². The van der Waals surface area contributed by atoms with Crippen molar-refractivity contribution in [1.29, 1.82) is 0 Å². The molecule has 5 N–H and O–H groups in total. The van der Waals surface area contributed by atoms with Crippen LogP contribution >= 0.6 is 0 Å². The van der Waals surface area contributed by atoms with Crippen molar-refractivity contribution < 1.29 is 13.6 Å². The van der Waals surface area contributed by atoms with Crippen LogP contribution < -0.4 is 15.2 Å². The number of rotatable bonds is 4. The number of hydrogen-bond donors (Lipinski definition) is 4. The third kappa shape index (κ3) is 3.82. The summed E-state index contributed by atoms with van der Waals surface area (Å²) in [5.41, 5.74) is 4.08. The third-order valence-corrected chi connectivity index (χ3v) is 4.37. The molecule has 18 heavy (non-hydrogen) atoms. The van der Waals surface area contributed by atoms with Crippen molar-refractivity contribution in [1.82, 2.24) is 9.44 Å². The van der Waals surface area contributed by atoms with Gasteiger partial charge in [0, 0.05) is 5.54 Å². The van der Waals surface area contributed by atoms with Crippen LogP contribution in [0.15, 0.2) is 5.16 Å². The minimum atomic E-state index is -3.71. The molecule has 0 aromatic rings. The lowest BCUT2D eigenvalue weighted by Gasteiger charge is -2.30. The van der Waals surface area contributed by atoms with E-state index in [1.807, 2.05) is 0 Å². The standard InChI is InChI=1S/C10H22N4O3S/c1-9(2,3)13-18(16,17)14-10(8(11)12-15)6-4-5-7-10/h13-15H,4-7H2,1-3H3,(H2,11,12). The predicted molar refractivity (Wildman–Crippen MR) is 69.6 cm³/mol. The predicted octanol–water partition coefficient (Wildman–Crippen LogP) is 0.268. The van der Waals surface area contributed by atoms with Crippen molar-refractivity contribution in [2.75, 3.05) is 0 Å². The summed E-state index contributed by atoms with van der Waals surface area (Å²) in [6.07, 6.45) is 2.75. The second-order valence-corrected chi connectivity index (χ2v) is 7.15. The van der Waals surface area contributed by atoms with E-state index in [1.54, 1.807) is 20.8 Å². The fourth-order valence-corrected chi connectivity index (χ4v) is 3.85. The molecule has 0 spiro atoms. The van der Waals surface area contributed by atoms with Gasteiger partial charge in [0.25, 0.3) is 10.2 Å². The van der Waals surface area contributed by atoms with Crippen LogP contribution in [0.25, 0.3) is 0 Å². The van der Waals surface area contributed by atoms with Crippen molar-refractivity contribution >= 4 is 16.0 Å². The average molecular weight is 278 g/mol. The Hall–Kier alpha value is -0.860. The zero-order chi connectivity index (χ0) is 14.0. The Morgan fingerprint density at radius 2 is 1.83 bits per heavy atom. The third-order valence-electron chi connectivity index (χ3n) is 2.83. The summed E-state index contributed by atoms with van der Waals surface area (Å²) in [5, 5.41) is 11.8. The Morgan fingerprint density at radius 3 is 2.22 bits per heavy atom. The van der Waals surface area contributed by atoms with E-state index in [0.29, 0.717) is 12.8 Å². The van der Waals surface area contributed by atoms with Crippen molar-refractivity contribution in [2.24, 2.45) is 10.9 Å². The van der Waals surface area contributed by atoms with E-state index in [9.17, 15) is 8.42 Å². The molecular formula is C10H22N4O3S. The van der Waals surface area contributed by atoms with Gasteiger partial charge >= 0.3 is 0 Å². The maximum Gasteiger partial charge on any atom is 0.278 e. The van der Waals surface area contributed by atoms with Crippen LogP contribution in [-0.2, 0) is 10.2 Å². The van der Waals surface area contributed by atoms with Crippen LogP contribution in [0.1, 0.15) is 46.5 Å². The minimum absolute atomic E-state index is 0.0840. The molecule has 0 atom stereocenters. The zero-order valence-electron chi connectivity index (χ0n) is 11.0. The van der Waals surface area contributed by atoms with E-state index in [0.717, 1.165) is 12.8 Å². The van der Waals surface area contributed by atoms with Gasteiger partial charge in [-0.05, 0) is 33.6 Å². The van der Waals surface area contributed by atoms with Gasteiger partial charge in [0.15, 0.2) is 5.84 Å². The van der Waals surface area contributed by atoms with Gasteiger partial charge in [-0.3, -0.25) is 0 Å². The molecule has 106 valence electrons. The van der Waals surface area contributed by atoms with Crippen LogP contribution in [-0.4, -0.2) is 30.5 Å². The SMILES string of the molecule is CC(C)(C)NS(=O)(=O)NC1(C(N)=NO)CCCC1. The Labute approximate surface area is 108 Å². The van der Waals surface area contributed by atoms with Gasteiger partial charge in [0.1, 0.15) is 0 Å². The maximum absolute atomic E-state index is 12.0. The summed E-state index contributed by atoms with van der Waals surface area (Å²) in [5.74, 6) is -0.0840. The highest BCUT2D eigenvalue weighted by atomic mass is 32.2. The highest BCUT2D eigenvalue weighted by Gasteiger charge is 2.42. The van der Waals surface area contributed by atoms with Crippen LogP contribution in [0.5, 0.6) is 0 Å². The van der Waals surface area contributed by atoms with Gasteiger partial charge in [-0.25, -0.2) is 0 Å². The summed E-state index contributed by atoms with van der Waals surface area (Å²) >= 11 is 0. The van der Waals surface area contributed by atoms with E-state index >= 15 is 0 Å². The smallest absolute Gasteiger partial charge is 0.278 e. The van der Waals surface area contributed by atoms with E-state index in [2.05, 4.69) is 14.6 Å². The Kier molecular flexibility index (Phi) is 4.24. The molecule has 8 heteroatoms. The molecule has 7 nitrogen and oxygen atoms in total. The monoisotopic (exact) mass is 278 g/mol. The largest absolute Gasteiger partial charge is 0.409 e. The van der Waals surface area contributed by atoms with E-state index in [1.165, 1.54) is 0 Å². The first-order valence-electron chi connectivity index (χ1n) is 5.91. The average Bonchev–Trinajstić information content (AvgIpc) is 2.61. The molecule has 0 aliphatic heterocycles. The van der Waals surface area contributed by atoms with Gasteiger partial charge in [-0.1, -0.05) is 18.0 Å². The Balaban J connectivity index is 2.92. The highest BCUT2D eigenvalue weighted by Crippen LogP contribution is 2.30. The molecule has 1 rings (SSSR count). The molecule has 0 aromatic heterocycles.